The van der Waals surface area contributed by atoms with Crippen LogP contribution in [0.1, 0.15) is 25.5 Å². The maximum atomic E-state index is 10.8. The second-order valence-corrected chi connectivity index (χ2v) is 4.57. The number of benzene rings is 1. The molecule has 0 fully saturated rings. The van der Waals surface area contributed by atoms with Gasteiger partial charge in [0.25, 0.3) is 0 Å². The Morgan fingerprint density at radius 2 is 1.90 bits per heavy atom. The lowest BCUT2D eigenvalue weighted by molar-refractivity contribution is -0.139. The summed E-state index contributed by atoms with van der Waals surface area (Å²) in [5.41, 5.74) is 0.546. The van der Waals surface area contributed by atoms with E-state index in [9.17, 15) is 9.90 Å². The van der Waals surface area contributed by atoms with Crippen LogP contribution in [-0.2, 0) is 4.79 Å². The molecule has 0 aliphatic carbocycles. The van der Waals surface area contributed by atoms with Crippen molar-refractivity contribution in [2.24, 2.45) is 0 Å². The molecule has 1 aromatic rings. The summed E-state index contributed by atoms with van der Waals surface area (Å²) in [7, 11) is 3.04. The quantitative estimate of drug-likeness (QED) is 0.696. The highest BCUT2D eigenvalue weighted by atomic mass is 16.5. The summed E-state index contributed by atoms with van der Waals surface area (Å²) in [5, 5.41) is 22.1. The third kappa shape index (κ3) is 3.85. The SMILES string of the molecule is COc1ccc(OC)c(C(O)C(C)NC(C)C(=O)O)c1. The van der Waals surface area contributed by atoms with Gasteiger partial charge in [-0.1, -0.05) is 0 Å². The molecule has 1 aromatic carbocycles. The van der Waals surface area contributed by atoms with Crippen molar-refractivity contribution >= 4 is 5.97 Å². The number of aliphatic hydroxyl groups is 1. The molecule has 112 valence electrons. The molecule has 0 aliphatic rings. The fourth-order valence-corrected chi connectivity index (χ4v) is 1.90. The van der Waals surface area contributed by atoms with E-state index in [1.165, 1.54) is 21.1 Å². The van der Waals surface area contributed by atoms with Crippen LogP contribution in [0.4, 0.5) is 0 Å². The number of carboxylic acids is 1. The topological polar surface area (TPSA) is 88.0 Å². The summed E-state index contributed by atoms with van der Waals surface area (Å²) in [5.74, 6) is 0.148. The molecule has 6 heteroatoms. The molecule has 0 saturated heterocycles. The van der Waals surface area contributed by atoms with Crippen LogP contribution in [0.15, 0.2) is 18.2 Å². The number of nitrogens with one attached hydrogen (secondary N) is 1. The van der Waals surface area contributed by atoms with Crippen LogP contribution in [0.25, 0.3) is 0 Å². The van der Waals surface area contributed by atoms with E-state index in [2.05, 4.69) is 5.32 Å². The van der Waals surface area contributed by atoms with Gasteiger partial charge in [0.05, 0.1) is 20.3 Å². The molecule has 0 bridgehead atoms. The number of aliphatic carboxylic acids is 1. The Morgan fingerprint density at radius 1 is 1.25 bits per heavy atom. The summed E-state index contributed by atoms with van der Waals surface area (Å²) >= 11 is 0. The zero-order chi connectivity index (χ0) is 15.3. The molecule has 1 rings (SSSR count). The normalized spacial score (nSPS) is 15.2. The van der Waals surface area contributed by atoms with Crippen molar-refractivity contribution in [3.63, 3.8) is 0 Å². The average molecular weight is 283 g/mol. The van der Waals surface area contributed by atoms with Crippen LogP contribution in [0.5, 0.6) is 11.5 Å². The molecule has 20 heavy (non-hydrogen) atoms. The predicted molar refractivity (Wildman–Crippen MR) is 74.2 cm³/mol. The Morgan fingerprint density at radius 3 is 2.40 bits per heavy atom. The minimum absolute atomic E-state index is 0.456. The Hall–Kier alpha value is -1.79. The highest BCUT2D eigenvalue weighted by Gasteiger charge is 2.24. The van der Waals surface area contributed by atoms with Gasteiger partial charge in [0.1, 0.15) is 17.5 Å². The first kappa shape index (κ1) is 16.3. The summed E-state index contributed by atoms with van der Waals surface area (Å²) < 4.78 is 10.3. The predicted octanol–water partition coefficient (Wildman–Crippen LogP) is 1.19. The average Bonchev–Trinajstić information content (AvgIpc) is 2.45. The number of hydrogen-bond donors (Lipinski definition) is 3. The van der Waals surface area contributed by atoms with Crippen LogP contribution < -0.4 is 14.8 Å². The molecule has 0 amide bonds. The number of ether oxygens (including phenoxy) is 2. The van der Waals surface area contributed by atoms with Gasteiger partial charge in [-0.2, -0.15) is 0 Å². The van der Waals surface area contributed by atoms with Crippen molar-refractivity contribution < 1.29 is 24.5 Å². The fraction of sp³-hybridized carbons (Fsp3) is 0.500. The van der Waals surface area contributed by atoms with Crippen molar-refractivity contribution in [2.45, 2.75) is 32.0 Å². The lowest BCUT2D eigenvalue weighted by Gasteiger charge is -2.24. The van der Waals surface area contributed by atoms with E-state index >= 15 is 0 Å². The van der Waals surface area contributed by atoms with E-state index in [0.717, 1.165) is 0 Å². The lowest BCUT2D eigenvalue weighted by atomic mass is 10.0. The third-order valence-corrected chi connectivity index (χ3v) is 3.11. The van der Waals surface area contributed by atoms with Gasteiger partial charge in [0, 0.05) is 11.6 Å². The highest BCUT2D eigenvalue weighted by molar-refractivity contribution is 5.72. The van der Waals surface area contributed by atoms with Crippen molar-refractivity contribution in [3.8, 4) is 11.5 Å². The molecule has 0 aliphatic heterocycles. The van der Waals surface area contributed by atoms with Gasteiger partial charge in [-0.15, -0.1) is 0 Å². The Labute approximate surface area is 118 Å². The van der Waals surface area contributed by atoms with E-state index in [1.54, 1.807) is 25.1 Å². The molecule has 3 N–H and O–H groups in total. The first-order valence-electron chi connectivity index (χ1n) is 6.29. The molecular formula is C14H21NO5. The minimum Gasteiger partial charge on any atom is -0.497 e. The molecule has 6 nitrogen and oxygen atoms in total. The van der Waals surface area contributed by atoms with E-state index in [4.69, 9.17) is 14.6 Å². The van der Waals surface area contributed by atoms with Gasteiger partial charge in [-0.3, -0.25) is 10.1 Å². The van der Waals surface area contributed by atoms with Crippen LogP contribution in [0.2, 0.25) is 0 Å². The molecule has 0 radical (unpaired) electrons. The number of methoxy groups -OCH3 is 2. The number of aliphatic hydroxyl groups excluding tert-OH is 1. The number of hydrogen-bond acceptors (Lipinski definition) is 5. The van der Waals surface area contributed by atoms with Crippen molar-refractivity contribution in [1.29, 1.82) is 0 Å². The maximum absolute atomic E-state index is 10.8. The molecule has 0 spiro atoms. The summed E-state index contributed by atoms with van der Waals surface area (Å²) in [4.78, 5) is 10.8. The van der Waals surface area contributed by atoms with Crippen LogP contribution >= 0.6 is 0 Å². The fourth-order valence-electron chi connectivity index (χ4n) is 1.90. The van der Waals surface area contributed by atoms with E-state index < -0.39 is 24.2 Å². The Kier molecular flexibility index (Phi) is 5.79. The third-order valence-electron chi connectivity index (χ3n) is 3.11. The monoisotopic (exact) mass is 283 g/mol. The van der Waals surface area contributed by atoms with Crippen molar-refractivity contribution in [3.05, 3.63) is 23.8 Å². The first-order valence-corrected chi connectivity index (χ1v) is 6.29. The minimum atomic E-state index is -0.971. The standard InChI is InChI=1S/C14H21NO5/c1-8(15-9(2)14(17)18)13(16)11-7-10(19-3)5-6-12(11)20-4/h5-9,13,15-16H,1-4H3,(H,17,18). The smallest absolute Gasteiger partial charge is 0.320 e. The largest absolute Gasteiger partial charge is 0.497 e. The van der Waals surface area contributed by atoms with Crippen LogP contribution in [0.3, 0.4) is 0 Å². The molecule has 3 unspecified atom stereocenters. The van der Waals surface area contributed by atoms with Gasteiger partial charge in [0.2, 0.25) is 0 Å². The van der Waals surface area contributed by atoms with Gasteiger partial charge in [0.15, 0.2) is 0 Å². The summed E-state index contributed by atoms with van der Waals surface area (Å²) in [6.45, 7) is 3.23. The Balaban J connectivity index is 2.94. The van der Waals surface area contributed by atoms with Crippen molar-refractivity contribution in [1.82, 2.24) is 5.32 Å². The van der Waals surface area contributed by atoms with Gasteiger partial charge >= 0.3 is 5.97 Å². The highest BCUT2D eigenvalue weighted by Crippen LogP contribution is 2.31. The van der Waals surface area contributed by atoms with E-state index in [-0.39, 0.29) is 0 Å². The lowest BCUT2D eigenvalue weighted by Crippen LogP contribution is -2.42. The van der Waals surface area contributed by atoms with Gasteiger partial charge in [-0.05, 0) is 32.0 Å². The van der Waals surface area contributed by atoms with Crippen LogP contribution in [0, 0.1) is 0 Å². The summed E-state index contributed by atoms with van der Waals surface area (Å²) in [6, 6.07) is 3.89. The maximum Gasteiger partial charge on any atom is 0.320 e. The van der Waals surface area contributed by atoms with Crippen LogP contribution in [-0.4, -0.2) is 42.5 Å². The zero-order valence-electron chi connectivity index (χ0n) is 12.1. The Bertz CT molecular complexity index is 463. The van der Waals surface area contributed by atoms with Crippen molar-refractivity contribution in [2.75, 3.05) is 14.2 Å². The number of carboxylic acid groups (broad SMARTS) is 1. The molecule has 0 aromatic heterocycles. The second kappa shape index (κ2) is 7.12. The zero-order valence-corrected chi connectivity index (χ0v) is 12.1. The van der Waals surface area contributed by atoms with Gasteiger partial charge in [-0.25, -0.2) is 0 Å². The van der Waals surface area contributed by atoms with E-state index in [1.807, 2.05) is 0 Å². The van der Waals surface area contributed by atoms with Gasteiger partial charge < -0.3 is 19.7 Å². The molecule has 3 atom stereocenters. The summed E-state index contributed by atoms with van der Waals surface area (Å²) in [6.07, 6.45) is -0.915. The number of carbonyl (C=O) groups is 1. The molecule has 0 saturated carbocycles. The second-order valence-electron chi connectivity index (χ2n) is 4.57. The molecular weight excluding hydrogens is 262 g/mol. The number of rotatable bonds is 7. The first-order chi connectivity index (χ1) is 9.40. The molecule has 0 heterocycles. The van der Waals surface area contributed by atoms with E-state index in [0.29, 0.717) is 17.1 Å².